The Labute approximate surface area is 146 Å². The van der Waals surface area contributed by atoms with Crippen LogP contribution in [-0.2, 0) is 24.0 Å². The second-order valence-electron chi connectivity index (χ2n) is 6.15. The molecule has 0 amide bonds. The minimum atomic E-state index is -2.73. The highest BCUT2D eigenvalue weighted by molar-refractivity contribution is 5.79. The zero-order valence-electron chi connectivity index (χ0n) is 13.5. The van der Waals surface area contributed by atoms with E-state index in [0.29, 0.717) is 0 Å². The van der Waals surface area contributed by atoms with E-state index in [2.05, 4.69) is 0 Å². The second-order valence-corrected chi connectivity index (χ2v) is 6.15. The van der Waals surface area contributed by atoms with Crippen LogP contribution in [0.2, 0.25) is 0 Å². The van der Waals surface area contributed by atoms with Gasteiger partial charge in [0, 0.05) is 10.8 Å². The summed E-state index contributed by atoms with van der Waals surface area (Å²) in [5.74, 6) is -11.3. The van der Waals surface area contributed by atoms with Crippen molar-refractivity contribution in [2.75, 3.05) is 0 Å². The SMILES string of the molecule is NC(N)(N)C(CC(=O)O)(CC(=O)O)C(CC(=O)O)(CC(=O)O)CC(=O)O. The fraction of sp³-hybridized carbons (Fsp3) is 0.615. The molecule has 0 aliphatic rings. The average molecular weight is 379 g/mol. The van der Waals surface area contributed by atoms with E-state index in [0.717, 1.165) is 0 Å². The van der Waals surface area contributed by atoms with Crippen LogP contribution in [0.15, 0.2) is 0 Å². The Morgan fingerprint density at radius 2 is 0.769 bits per heavy atom. The first-order chi connectivity index (χ1) is 11.6. The molecule has 13 heteroatoms. The van der Waals surface area contributed by atoms with Gasteiger partial charge in [-0.2, -0.15) is 0 Å². The number of carboxylic acids is 5. The van der Waals surface area contributed by atoms with Gasteiger partial charge in [0.2, 0.25) is 0 Å². The molecule has 0 aliphatic heterocycles. The maximum Gasteiger partial charge on any atom is 0.304 e. The molecular formula is C13H21N3O10. The molecule has 26 heavy (non-hydrogen) atoms. The van der Waals surface area contributed by atoms with Gasteiger partial charge >= 0.3 is 29.8 Å². The summed E-state index contributed by atoms with van der Waals surface area (Å²) >= 11 is 0. The van der Waals surface area contributed by atoms with E-state index in [-0.39, 0.29) is 0 Å². The molecule has 0 aromatic carbocycles. The largest absolute Gasteiger partial charge is 0.481 e. The van der Waals surface area contributed by atoms with Crippen LogP contribution in [0.4, 0.5) is 0 Å². The number of carbonyl (C=O) groups is 5. The lowest BCUT2D eigenvalue weighted by molar-refractivity contribution is -0.174. The third-order valence-electron chi connectivity index (χ3n) is 4.22. The monoisotopic (exact) mass is 379 g/mol. The van der Waals surface area contributed by atoms with Crippen LogP contribution in [0.3, 0.4) is 0 Å². The molecule has 0 spiro atoms. The summed E-state index contributed by atoms with van der Waals surface area (Å²) in [5, 5.41) is 45.9. The average Bonchev–Trinajstić information content (AvgIpc) is 2.31. The number of nitrogens with two attached hydrogens (primary N) is 3. The molecule has 11 N–H and O–H groups in total. The van der Waals surface area contributed by atoms with E-state index in [4.69, 9.17) is 32.5 Å². The fourth-order valence-electron chi connectivity index (χ4n) is 3.28. The van der Waals surface area contributed by atoms with Crippen molar-refractivity contribution in [3.05, 3.63) is 0 Å². The molecule has 0 aromatic rings. The first-order valence-electron chi connectivity index (χ1n) is 7.04. The van der Waals surface area contributed by atoms with Gasteiger partial charge in [-0.25, -0.2) is 0 Å². The van der Waals surface area contributed by atoms with Crippen molar-refractivity contribution in [2.45, 2.75) is 37.9 Å². The molecular weight excluding hydrogens is 358 g/mol. The van der Waals surface area contributed by atoms with Crippen molar-refractivity contribution in [1.82, 2.24) is 0 Å². The van der Waals surface area contributed by atoms with Gasteiger partial charge in [0.1, 0.15) is 5.79 Å². The van der Waals surface area contributed by atoms with Crippen molar-refractivity contribution in [3.63, 3.8) is 0 Å². The molecule has 0 aliphatic carbocycles. The topological polar surface area (TPSA) is 265 Å². The number of aliphatic carboxylic acids is 5. The molecule has 0 heterocycles. The third-order valence-corrected chi connectivity index (χ3v) is 4.22. The first kappa shape index (κ1) is 23.2. The van der Waals surface area contributed by atoms with Gasteiger partial charge in [0.05, 0.1) is 32.1 Å². The van der Waals surface area contributed by atoms with Crippen LogP contribution in [0.1, 0.15) is 32.1 Å². The van der Waals surface area contributed by atoms with Crippen molar-refractivity contribution in [1.29, 1.82) is 0 Å². The molecule has 0 saturated carbocycles. The molecule has 0 saturated heterocycles. The highest BCUT2D eigenvalue weighted by atomic mass is 16.4. The Hall–Kier alpha value is -2.77. The number of hydrogen-bond acceptors (Lipinski definition) is 8. The maximum atomic E-state index is 11.3. The van der Waals surface area contributed by atoms with E-state index in [1.165, 1.54) is 0 Å². The van der Waals surface area contributed by atoms with E-state index in [1.54, 1.807) is 0 Å². The van der Waals surface area contributed by atoms with Crippen LogP contribution < -0.4 is 17.2 Å². The predicted molar refractivity (Wildman–Crippen MR) is 81.4 cm³/mol. The van der Waals surface area contributed by atoms with Gasteiger partial charge < -0.3 is 42.7 Å². The molecule has 0 radical (unpaired) electrons. The van der Waals surface area contributed by atoms with E-state index < -0.39 is 78.6 Å². The van der Waals surface area contributed by atoms with Crippen molar-refractivity contribution < 1.29 is 49.5 Å². The number of hydrogen-bond donors (Lipinski definition) is 8. The highest BCUT2D eigenvalue weighted by Crippen LogP contribution is 2.55. The predicted octanol–water partition coefficient (Wildman–Crippen LogP) is -2.14. The summed E-state index contributed by atoms with van der Waals surface area (Å²) in [5.41, 5.74) is 11.6. The summed E-state index contributed by atoms with van der Waals surface area (Å²) in [6, 6.07) is 0. The normalized spacial score (nSPS) is 12.4. The number of rotatable bonds is 12. The maximum absolute atomic E-state index is 11.3. The zero-order valence-corrected chi connectivity index (χ0v) is 13.5. The molecule has 0 unspecified atom stereocenters. The summed E-state index contributed by atoms with van der Waals surface area (Å²) in [4.78, 5) is 56.7. The van der Waals surface area contributed by atoms with Crippen molar-refractivity contribution in [3.8, 4) is 0 Å². The summed E-state index contributed by atoms with van der Waals surface area (Å²) in [7, 11) is 0. The fourth-order valence-corrected chi connectivity index (χ4v) is 3.28. The smallest absolute Gasteiger partial charge is 0.304 e. The minimum Gasteiger partial charge on any atom is -0.481 e. The van der Waals surface area contributed by atoms with Gasteiger partial charge in [-0.3, -0.25) is 24.0 Å². The van der Waals surface area contributed by atoms with Crippen LogP contribution in [-0.4, -0.2) is 61.2 Å². The zero-order chi connectivity index (χ0) is 20.9. The Morgan fingerprint density at radius 1 is 0.538 bits per heavy atom. The lowest BCUT2D eigenvalue weighted by atomic mass is 9.52. The highest BCUT2D eigenvalue weighted by Gasteiger charge is 2.63. The molecule has 0 aromatic heterocycles. The standard InChI is InChI=1S/C13H21N3O10/c14-13(15,16)12(4-9(23)24,5-10(25)26)11(1-6(17)18,2-7(19)20)3-8(21)22/h1-5,14-16H2,(H,17,18)(H,19,20)(H,21,22)(H,23,24)(H,25,26). The van der Waals surface area contributed by atoms with E-state index in [9.17, 15) is 34.2 Å². The Balaban J connectivity index is 7.02. The van der Waals surface area contributed by atoms with Crippen LogP contribution in [0.25, 0.3) is 0 Å². The third kappa shape index (κ3) is 5.37. The Kier molecular flexibility index (Phi) is 7.21. The summed E-state index contributed by atoms with van der Waals surface area (Å²) in [6.07, 6.45) is -6.24. The second kappa shape index (κ2) is 8.07. The summed E-state index contributed by atoms with van der Waals surface area (Å²) in [6.45, 7) is 0. The van der Waals surface area contributed by atoms with Gasteiger partial charge in [0.15, 0.2) is 0 Å². The van der Waals surface area contributed by atoms with Crippen molar-refractivity contribution in [2.24, 2.45) is 28.0 Å². The Morgan fingerprint density at radius 3 is 0.923 bits per heavy atom. The van der Waals surface area contributed by atoms with Gasteiger partial charge in [-0.1, -0.05) is 0 Å². The Bertz CT molecular complexity index is 553. The quantitative estimate of drug-likeness (QED) is 0.168. The molecule has 0 bridgehead atoms. The molecule has 148 valence electrons. The number of carboxylic acid groups (broad SMARTS) is 5. The van der Waals surface area contributed by atoms with E-state index >= 15 is 0 Å². The van der Waals surface area contributed by atoms with E-state index in [1.807, 2.05) is 0 Å². The van der Waals surface area contributed by atoms with Crippen LogP contribution in [0.5, 0.6) is 0 Å². The van der Waals surface area contributed by atoms with Gasteiger partial charge in [0.25, 0.3) is 0 Å². The lowest BCUT2D eigenvalue weighted by Crippen LogP contribution is -2.75. The van der Waals surface area contributed by atoms with Gasteiger partial charge in [-0.05, 0) is 0 Å². The first-order valence-corrected chi connectivity index (χ1v) is 7.04. The van der Waals surface area contributed by atoms with Crippen LogP contribution >= 0.6 is 0 Å². The lowest BCUT2D eigenvalue weighted by Gasteiger charge is -2.54. The van der Waals surface area contributed by atoms with Crippen molar-refractivity contribution >= 4 is 29.8 Å². The summed E-state index contributed by atoms with van der Waals surface area (Å²) < 4.78 is 0. The molecule has 0 atom stereocenters. The van der Waals surface area contributed by atoms with Crippen LogP contribution in [0, 0.1) is 10.8 Å². The molecule has 0 fully saturated rings. The van der Waals surface area contributed by atoms with Gasteiger partial charge in [-0.15, -0.1) is 0 Å². The minimum absolute atomic E-state index is 1.24. The molecule has 0 rings (SSSR count). The molecule has 13 nitrogen and oxygen atoms in total.